The molecule has 0 saturated heterocycles. The van der Waals surface area contributed by atoms with Gasteiger partial charge in [-0.3, -0.25) is 9.71 Å². The van der Waals surface area contributed by atoms with Crippen LogP contribution in [0, 0.1) is 6.92 Å². The summed E-state index contributed by atoms with van der Waals surface area (Å²) in [4.78, 5) is 17.5. The van der Waals surface area contributed by atoms with Crippen LogP contribution in [0.15, 0.2) is 46.1 Å². The molecule has 2 heterocycles. The van der Waals surface area contributed by atoms with Crippen LogP contribution in [0.3, 0.4) is 0 Å². The van der Waals surface area contributed by atoms with Crippen LogP contribution in [-0.2, 0) is 18.4 Å². The molecule has 4 rings (SSSR count). The van der Waals surface area contributed by atoms with Crippen LogP contribution in [0.5, 0.6) is 0 Å². The van der Waals surface area contributed by atoms with E-state index in [4.69, 9.17) is 0 Å². The number of aryl methyl sites for hydroxylation is 2. The largest absolute Gasteiger partial charge is 0.386 e. The number of nitrogens with zero attached hydrogens (tertiary/aromatic N) is 1. The highest BCUT2D eigenvalue weighted by Crippen LogP contribution is 2.39. The first kappa shape index (κ1) is 28.0. The molecule has 7 heteroatoms. The molecule has 2 amide bonds. The van der Waals surface area contributed by atoms with E-state index in [0.717, 1.165) is 63.5 Å². The molecule has 1 aliphatic carbocycles. The lowest BCUT2D eigenvalue weighted by Gasteiger charge is -2.18. The van der Waals surface area contributed by atoms with E-state index in [1.54, 1.807) is 13.8 Å². The Morgan fingerprint density at radius 2 is 2.00 bits per heavy atom. The van der Waals surface area contributed by atoms with Crippen molar-refractivity contribution in [1.82, 2.24) is 9.71 Å². The van der Waals surface area contributed by atoms with E-state index in [2.05, 4.69) is 46.2 Å². The van der Waals surface area contributed by atoms with Crippen molar-refractivity contribution in [2.45, 2.75) is 77.0 Å². The Hall–Kier alpha value is -2.61. The van der Waals surface area contributed by atoms with Gasteiger partial charge in [-0.1, -0.05) is 45.1 Å². The van der Waals surface area contributed by atoms with Crippen LogP contribution >= 0.6 is 23.3 Å². The number of pyridine rings is 1. The minimum absolute atomic E-state index is 0.263. The fraction of sp³-hybridized carbons (Fsp3) is 0.379. The summed E-state index contributed by atoms with van der Waals surface area (Å²) in [6, 6.07) is 8.00. The molecular formula is C29H37N3O2S2. The van der Waals surface area contributed by atoms with Crippen molar-refractivity contribution in [3.05, 3.63) is 69.9 Å². The first-order chi connectivity index (χ1) is 17.3. The van der Waals surface area contributed by atoms with Gasteiger partial charge in [0.05, 0.1) is 15.5 Å². The number of benzene rings is 1. The third-order valence-corrected chi connectivity index (χ3v) is 7.91. The number of amides is 2. The summed E-state index contributed by atoms with van der Waals surface area (Å²) in [5, 5.41) is 15.3. The van der Waals surface area contributed by atoms with Gasteiger partial charge >= 0.3 is 6.03 Å². The number of aromatic nitrogens is 1. The topological polar surface area (TPSA) is 74.2 Å². The third-order valence-electron chi connectivity index (χ3n) is 6.05. The normalized spacial score (nSPS) is 12.8. The lowest BCUT2D eigenvalue weighted by molar-refractivity contribution is 0.0789. The summed E-state index contributed by atoms with van der Waals surface area (Å²) < 4.78 is 3.83. The van der Waals surface area contributed by atoms with Gasteiger partial charge in [0, 0.05) is 23.0 Å². The third kappa shape index (κ3) is 6.58. The zero-order valence-corrected chi connectivity index (χ0v) is 23.7. The summed E-state index contributed by atoms with van der Waals surface area (Å²) in [7, 11) is 0. The lowest BCUT2D eigenvalue weighted by atomic mass is 9.93. The van der Waals surface area contributed by atoms with Gasteiger partial charge in [-0.05, 0) is 98.2 Å². The van der Waals surface area contributed by atoms with Gasteiger partial charge in [0.2, 0.25) is 0 Å². The molecular weight excluding hydrogens is 486 g/mol. The molecule has 0 atom stereocenters. The van der Waals surface area contributed by atoms with Gasteiger partial charge < -0.3 is 10.4 Å². The molecule has 0 fully saturated rings. The molecule has 3 aromatic rings. The Bertz CT molecular complexity index is 1230. The first-order valence-electron chi connectivity index (χ1n) is 12.6. The van der Waals surface area contributed by atoms with Crippen LogP contribution in [0.2, 0.25) is 0 Å². The second-order valence-electron chi connectivity index (χ2n) is 9.02. The maximum absolute atomic E-state index is 13.0. The van der Waals surface area contributed by atoms with Gasteiger partial charge in [0.25, 0.3) is 0 Å². The Morgan fingerprint density at radius 3 is 2.69 bits per heavy atom. The smallest absolute Gasteiger partial charge is 0.329 e. The van der Waals surface area contributed by atoms with E-state index < -0.39 is 5.60 Å². The molecule has 1 aliphatic rings. The SMILES string of the molecule is CC.CC/C=C\c1c(-c2ccc3c(c2NC(=O)NSc2cc(C(C)(C)O)cs2)CCC3)ccnc1C. The minimum atomic E-state index is -0.899. The number of hydrogen-bond donors (Lipinski definition) is 3. The lowest BCUT2D eigenvalue weighted by Crippen LogP contribution is -2.23. The molecule has 0 spiro atoms. The zero-order chi connectivity index (χ0) is 26.3. The Kier molecular flexibility index (Phi) is 9.77. The van der Waals surface area contributed by atoms with Crippen molar-refractivity contribution >= 4 is 41.1 Å². The summed E-state index contributed by atoms with van der Waals surface area (Å²) in [6.07, 6.45) is 10.1. The number of anilines is 1. The highest BCUT2D eigenvalue weighted by Gasteiger charge is 2.22. The maximum atomic E-state index is 13.0. The van der Waals surface area contributed by atoms with Gasteiger partial charge in [-0.2, -0.15) is 0 Å². The molecule has 0 bridgehead atoms. The molecule has 0 aliphatic heterocycles. The van der Waals surface area contributed by atoms with Gasteiger partial charge in [0.1, 0.15) is 0 Å². The number of hydrogen-bond acceptors (Lipinski definition) is 5. The first-order valence-corrected chi connectivity index (χ1v) is 14.3. The van der Waals surface area contributed by atoms with Crippen LogP contribution < -0.4 is 10.0 Å². The van der Waals surface area contributed by atoms with Crippen LogP contribution in [0.25, 0.3) is 17.2 Å². The minimum Gasteiger partial charge on any atom is -0.386 e. The molecule has 0 radical (unpaired) electrons. The summed E-state index contributed by atoms with van der Waals surface area (Å²) in [6.45, 7) is 11.6. The van der Waals surface area contributed by atoms with E-state index in [9.17, 15) is 9.90 Å². The number of rotatable bonds is 7. The van der Waals surface area contributed by atoms with Crippen LogP contribution in [0.1, 0.15) is 75.4 Å². The number of fused-ring (bicyclic) bond motifs is 1. The van der Waals surface area contributed by atoms with Crippen molar-refractivity contribution in [3.8, 4) is 11.1 Å². The fourth-order valence-corrected chi connectivity index (χ4v) is 5.91. The second kappa shape index (κ2) is 12.6. The van der Waals surface area contributed by atoms with Crippen molar-refractivity contribution in [3.63, 3.8) is 0 Å². The quantitative estimate of drug-likeness (QED) is 0.273. The standard InChI is InChI=1S/C27H31N3O2S2.C2H6/c1-5-6-9-20-17(2)28-14-13-22(20)23-12-11-18-8-7-10-21(18)25(23)29-26(31)30-34-24-15-19(16-33-24)27(3,4)32;1-2/h6,9,11-16,32H,5,7-8,10H2,1-4H3,(H2,29,30,31);1-2H3/b9-6-;. The molecule has 3 N–H and O–H groups in total. The number of thiophene rings is 1. The fourth-order valence-electron chi connectivity index (χ4n) is 4.22. The van der Waals surface area contributed by atoms with Gasteiger partial charge in [0.15, 0.2) is 0 Å². The van der Waals surface area contributed by atoms with E-state index in [0.29, 0.717) is 0 Å². The Morgan fingerprint density at radius 1 is 1.22 bits per heavy atom. The van der Waals surface area contributed by atoms with Crippen molar-refractivity contribution in [2.75, 3.05) is 5.32 Å². The predicted octanol–water partition coefficient (Wildman–Crippen LogP) is 8.11. The number of urea groups is 1. The molecule has 192 valence electrons. The van der Waals surface area contributed by atoms with E-state index in [1.165, 1.54) is 34.4 Å². The van der Waals surface area contributed by atoms with Gasteiger partial charge in [-0.25, -0.2) is 4.79 Å². The molecule has 36 heavy (non-hydrogen) atoms. The molecule has 0 saturated carbocycles. The number of carbonyl (C=O) groups is 1. The molecule has 2 aromatic heterocycles. The van der Waals surface area contributed by atoms with Crippen LogP contribution in [0.4, 0.5) is 10.5 Å². The average Bonchev–Trinajstić information content (AvgIpc) is 3.53. The molecule has 5 nitrogen and oxygen atoms in total. The predicted molar refractivity (Wildman–Crippen MR) is 155 cm³/mol. The van der Waals surface area contributed by atoms with Crippen molar-refractivity contribution in [1.29, 1.82) is 0 Å². The highest BCUT2D eigenvalue weighted by atomic mass is 32.2. The number of nitrogens with one attached hydrogen (secondary N) is 2. The van der Waals surface area contributed by atoms with Crippen molar-refractivity contribution in [2.24, 2.45) is 0 Å². The zero-order valence-electron chi connectivity index (χ0n) is 22.1. The van der Waals surface area contributed by atoms with E-state index in [-0.39, 0.29) is 6.03 Å². The Balaban J connectivity index is 0.00000176. The average molecular weight is 524 g/mol. The maximum Gasteiger partial charge on any atom is 0.329 e. The van der Waals surface area contributed by atoms with E-state index >= 15 is 0 Å². The monoisotopic (exact) mass is 523 g/mol. The number of allylic oxidation sites excluding steroid dienone is 1. The Labute approximate surface area is 223 Å². The highest BCUT2D eigenvalue weighted by molar-refractivity contribution is 7.99. The van der Waals surface area contributed by atoms with E-state index in [1.807, 2.05) is 44.5 Å². The second-order valence-corrected chi connectivity index (χ2v) is 11.0. The number of carbonyl (C=O) groups excluding carboxylic acids is 1. The summed E-state index contributed by atoms with van der Waals surface area (Å²) >= 11 is 2.76. The molecule has 0 unspecified atom stereocenters. The van der Waals surface area contributed by atoms with Gasteiger partial charge in [-0.15, -0.1) is 11.3 Å². The summed E-state index contributed by atoms with van der Waals surface area (Å²) in [5.41, 5.74) is 7.48. The molecule has 1 aromatic carbocycles. The van der Waals surface area contributed by atoms with Crippen LogP contribution in [-0.4, -0.2) is 16.1 Å². The number of aliphatic hydroxyl groups is 1. The van der Waals surface area contributed by atoms with Crippen molar-refractivity contribution < 1.29 is 9.90 Å². The summed E-state index contributed by atoms with van der Waals surface area (Å²) in [5.74, 6) is 0.